The number of hydrogen-bond acceptors (Lipinski definition) is 2. The third-order valence-corrected chi connectivity index (χ3v) is 9.41. The van der Waals surface area contributed by atoms with Crippen molar-refractivity contribution < 1.29 is 8.85 Å². The first-order valence-corrected chi connectivity index (χ1v) is 9.34. The van der Waals surface area contributed by atoms with Crippen LogP contribution in [0.25, 0.3) is 0 Å². The Bertz CT molecular complexity index is 109. The molecular formula is C8H20O2Si2. The Labute approximate surface area is 78.7 Å². The van der Waals surface area contributed by atoms with Gasteiger partial charge in [-0.1, -0.05) is 12.1 Å². The van der Waals surface area contributed by atoms with Gasteiger partial charge in [0.25, 0.3) is 0 Å². The fourth-order valence-electron chi connectivity index (χ4n) is 1.95. The van der Waals surface area contributed by atoms with Crippen LogP contribution in [0.15, 0.2) is 0 Å². The van der Waals surface area contributed by atoms with Crippen molar-refractivity contribution in [1.29, 1.82) is 0 Å². The van der Waals surface area contributed by atoms with E-state index in [-0.39, 0.29) is 9.52 Å². The van der Waals surface area contributed by atoms with Gasteiger partial charge in [-0.3, -0.25) is 0 Å². The molecule has 1 saturated heterocycles. The summed E-state index contributed by atoms with van der Waals surface area (Å²) in [6.07, 6.45) is 0. The van der Waals surface area contributed by atoms with Crippen molar-refractivity contribution in [3.8, 4) is 0 Å². The van der Waals surface area contributed by atoms with E-state index in [0.717, 1.165) is 13.2 Å². The summed E-state index contributed by atoms with van der Waals surface area (Å²) < 4.78 is 11.7. The molecule has 0 aliphatic carbocycles. The number of hydrogen-bond donors (Lipinski definition) is 0. The van der Waals surface area contributed by atoms with E-state index < -0.39 is 8.56 Å². The fraction of sp³-hybridized carbons (Fsp3) is 1.00. The lowest BCUT2D eigenvalue weighted by atomic mass is 10.9. The van der Waals surface area contributed by atoms with Crippen LogP contribution in [0.3, 0.4) is 0 Å². The highest BCUT2D eigenvalue weighted by Gasteiger charge is 2.38. The molecule has 0 N–H and O–H groups in total. The summed E-state index contributed by atoms with van der Waals surface area (Å²) >= 11 is 0. The molecule has 1 aliphatic rings. The molecule has 0 aromatic carbocycles. The summed E-state index contributed by atoms with van der Waals surface area (Å²) in [5.41, 5.74) is 0. The quantitative estimate of drug-likeness (QED) is 0.647. The average molecular weight is 204 g/mol. The van der Waals surface area contributed by atoms with E-state index in [9.17, 15) is 0 Å². The molecule has 1 aliphatic heterocycles. The highest BCUT2D eigenvalue weighted by molar-refractivity contribution is 6.70. The van der Waals surface area contributed by atoms with E-state index in [2.05, 4.69) is 13.8 Å². The molecule has 0 bridgehead atoms. The first-order valence-electron chi connectivity index (χ1n) is 5.11. The zero-order chi connectivity index (χ0) is 8.86. The Hall–Kier alpha value is 0.354. The summed E-state index contributed by atoms with van der Waals surface area (Å²) in [4.78, 5) is 0. The standard InChI is InChI=1S/C8H20O2Si2/c1-3-9-12(10-4-2)7-5-11-6-8-12/h3-8,11H2,1-2H3. The molecule has 0 atom stereocenters. The highest BCUT2D eigenvalue weighted by atomic mass is 28.4. The molecule has 1 fully saturated rings. The second-order valence-electron chi connectivity index (χ2n) is 3.34. The molecule has 0 aromatic rings. The Balaban J connectivity index is 2.44. The smallest absolute Gasteiger partial charge is 0.337 e. The molecule has 0 aromatic heterocycles. The molecule has 1 rings (SSSR count). The molecule has 72 valence electrons. The predicted molar refractivity (Wildman–Crippen MR) is 56.8 cm³/mol. The zero-order valence-corrected chi connectivity index (χ0v) is 10.7. The molecular weight excluding hydrogens is 184 g/mol. The second kappa shape index (κ2) is 5.16. The highest BCUT2D eigenvalue weighted by Crippen LogP contribution is 2.27. The van der Waals surface area contributed by atoms with Crippen molar-refractivity contribution in [2.45, 2.75) is 38.0 Å². The predicted octanol–water partition coefficient (Wildman–Crippen LogP) is 1.52. The molecule has 1 heterocycles. The largest absolute Gasteiger partial charge is 0.395 e. The minimum atomic E-state index is -1.65. The van der Waals surface area contributed by atoms with Crippen molar-refractivity contribution in [2.24, 2.45) is 0 Å². The molecule has 2 nitrogen and oxygen atoms in total. The summed E-state index contributed by atoms with van der Waals surface area (Å²) in [6, 6.07) is 5.46. The van der Waals surface area contributed by atoms with Gasteiger partial charge >= 0.3 is 8.56 Å². The second-order valence-corrected chi connectivity index (χ2v) is 8.86. The van der Waals surface area contributed by atoms with Crippen molar-refractivity contribution in [3.05, 3.63) is 0 Å². The van der Waals surface area contributed by atoms with Crippen LogP contribution < -0.4 is 0 Å². The Morgan fingerprint density at radius 3 is 2.00 bits per heavy atom. The van der Waals surface area contributed by atoms with Crippen LogP contribution in [0.2, 0.25) is 24.2 Å². The molecule has 0 unspecified atom stereocenters. The topological polar surface area (TPSA) is 18.5 Å². The maximum absolute atomic E-state index is 5.85. The van der Waals surface area contributed by atoms with Crippen molar-refractivity contribution in [1.82, 2.24) is 0 Å². The van der Waals surface area contributed by atoms with Gasteiger partial charge in [-0.05, 0) is 25.9 Å². The summed E-state index contributed by atoms with van der Waals surface area (Å²) in [6.45, 7) is 5.85. The van der Waals surface area contributed by atoms with Gasteiger partial charge in [0.15, 0.2) is 0 Å². The molecule has 0 saturated carbocycles. The molecule has 4 heteroatoms. The molecule has 0 spiro atoms. The van der Waals surface area contributed by atoms with E-state index in [4.69, 9.17) is 8.85 Å². The molecule has 0 amide bonds. The van der Waals surface area contributed by atoms with E-state index in [1.165, 1.54) is 24.2 Å². The third-order valence-electron chi connectivity index (χ3n) is 2.43. The van der Waals surface area contributed by atoms with Crippen LogP contribution in [0, 0.1) is 0 Å². The van der Waals surface area contributed by atoms with E-state index in [0.29, 0.717) is 0 Å². The maximum atomic E-state index is 5.85. The average Bonchev–Trinajstić information content (AvgIpc) is 2.07. The van der Waals surface area contributed by atoms with Gasteiger partial charge in [0.1, 0.15) is 0 Å². The van der Waals surface area contributed by atoms with Crippen LogP contribution in [-0.2, 0) is 8.85 Å². The van der Waals surface area contributed by atoms with Crippen LogP contribution in [0.4, 0.5) is 0 Å². The van der Waals surface area contributed by atoms with Crippen LogP contribution in [-0.4, -0.2) is 31.3 Å². The van der Waals surface area contributed by atoms with Crippen molar-refractivity contribution in [3.63, 3.8) is 0 Å². The SMILES string of the molecule is CCO[Si]1(OCC)CC[SiH2]CC1. The van der Waals surface area contributed by atoms with Gasteiger partial charge in [-0.2, -0.15) is 0 Å². The van der Waals surface area contributed by atoms with E-state index in [1.54, 1.807) is 0 Å². The lowest BCUT2D eigenvalue weighted by Gasteiger charge is -2.32. The summed E-state index contributed by atoms with van der Waals surface area (Å²) in [5, 5.41) is 0. The third kappa shape index (κ3) is 2.69. The Morgan fingerprint density at radius 1 is 1.08 bits per heavy atom. The normalized spacial score (nSPS) is 22.5. The fourth-order valence-corrected chi connectivity index (χ4v) is 10.6. The summed E-state index contributed by atoms with van der Waals surface area (Å²) in [5.74, 6) is 0. The van der Waals surface area contributed by atoms with Gasteiger partial charge < -0.3 is 8.85 Å². The lowest BCUT2D eigenvalue weighted by Crippen LogP contribution is -2.44. The maximum Gasteiger partial charge on any atom is 0.337 e. The number of rotatable bonds is 4. The molecule has 12 heavy (non-hydrogen) atoms. The minimum absolute atomic E-state index is 0.280. The Kier molecular flexibility index (Phi) is 4.49. The van der Waals surface area contributed by atoms with E-state index >= 15 is 0 Å². The first-order chi connectivity index (χ1) is 5.83. The minimum Gasteiger partial charge on any atom is -0.395 e. The monoisotopic (exact) mass is 204 g/mol. The van der Waals surface area contributed by atoms with Crippen molar-refractivity contribution >= 4 is 18.1 Å². The summed E-state index contributed by atoms with van der Waals surface area (Å²) in [7, 11) is -1.37. The molecule has 0 radical (unpaired) electrons. The lowest BCUT2D eigenvalue weighted by molar-refractivity contribution is 0.183. The van der Waals surface area contributed by atoms with Crippen molar-refractivity contribution in [2.75, 3.05) is 13.2 Å². The van der Waals surface area contributed by atoms with E-state index in [1.807, 2.05) is 0 Å². The van der Waals surface area contributed by atoms with Gasteiger partial charge in [0.2, 0.25) is 0 Å². The van der Waals surface area contributed by atoms with Gasteiger partial charge in [-0.15, -0.1) is 0 Å². The first kappa shape index (κ1) is 10.4. The zero-order valence-electron chi connectivity index (χ0n) is 8.27. The van der Waals surface area contributed by atoms with Crippen LogP contribution >= 0.6 is 0 Å². The van der Waals surface area contributed by atoms with Gasteiger partial charge in [0, 0.05) is 22.7 Å². The van der Waals surface area contributed by atoms with Gasteiger partial charge in [0.05, 0.1) is 0 Å². The van der Waals surface area contributed by atoms with Gasteiger partial charge in [-0.25, -0.2) is 0 Å². The Morgan fingerprint density at radius 2 is 1.58 bits per heavy atom. The van der Waals surface area contributed by atoms with Crippen LogP contribution in [0.1, 0.15) is 13.8 Å². The van der Waals surface area contributed by atoms with Crippen LogP contribution in [0.5, 0.6) is 0 Å².